The minimum atomic E-state index is -0.438. The predicted octanol–water partition coefficient (Wildman–Crippen LogP) is 3.08. The van der Waals surface area contributed by atoms with Gasteiger partial charge in [-0.2, -0.15) is 0 Å². The van der Waals surface area contributed by atoms with Crippen LogP contribution in [-0.2, 0) is 9.53 Å². The molecular formula is C17H21ClN2O3. The van der Waals surface area contributed by atoms with E-state index in [-0.39, 0.29) is 11.8 Å². The van der Waals surface area contributed by atoms with E-state index in [0.717, 1.165) is 38.8 Å². The number of piperidine rings is 1. The summed E-state index contributed by atoms with van der Waals surface area (Å²) in [5.41, 5.74) is 0.955. The van der Waals surface area contributed by atoms with Crippen LogP contribution in [0, 0.1) is 0 Å². The maximum atomic E-state index is 12.7. The zero-order chi connectivity index (χ0) is 16.2. The number of halogens is 1. The van der Waals surface area contributed by atoms with Crippen molar-refractivity contribution in [2.75, 3.05) is 25.0 Å². The standard InChI is InChI=1S/C17H21ClN2O3/c18-12-6-7-13(17(22)20-8-2-1-3-9-20)14(11-12)19-16(21)15-5-4-10-23-15/h6-7,11,15H,1-5,8-10H2,(H,19,21)/t15-/m1/s1. The first-order valence-corrected chi connectivity index (χ1v) is 8.54. The van der Waals surface area contributed by atoms with Gasteiger partial charge in [0.15, 0.2) is 0 Å². The summed E-state index contributed by atoms with van der Waals surface area (Å²) in [6, 6.07) is 5.00. The van der Waals surface area contributed by atoms with Crippen LogP contribution in [0.2, 0.25) is 5.02 Å². The molecule has 0 bridgehead atoms. The number of nitrogens with one attached hydrogen (secondary N) is 1. The highest BCUT2D eigenvalue weighted by Crippen LogP contribution is 2.25. The Morgan fingerprint density at radius 1 is 1.17 bits per heavy atom. The van der Waals surface area contributed by atoms with Crippen molar-refractivity contribution in [1.29, 1.82) is 0 Å². The lowest BCUT2D eigenvalue weighted by molar-refractivity contribution is -0.124. The Bertz CT molecular complexity index is 594. The molecule has 2 aliphatic heterocycles. The van der Waals surface area contributed by atoms with Crippen molar-refractivity contribution in [2.24, 2.45) is 0 Å². The molecule has 0 radical (unpaired) electrons. The number of amides is 2. The van der Waals surface area contributed by atoms with Crippen LogP contribution in [0.15, 0.2) is 18.2 Å². The van der Waals surface area contributed by atoms with E-state index in [1.165, 1.54) is 0 Å². The molecular weight excluding hydrogens is 316 g/mol. The molecule has 1 atom stereocenters. The van der Waals surface area contributed by atoms with Gasteiger partial charge < -0.3 is 15.0 Å². The van der Waals surface area contributed by atoms with Crippen molar-refractivity contribution in [3.8, 4) is 0 Å². The van der Waals surface area contributed by atoms with Gasteiger partial charge in [-0.3, -0.25) is 9.59 Å². The molecule has 5 nitrogen and oxygen atoms in total. The molecule has 124 valence electrons. The SMILES string of the molecule is O=C(Nc1cc(Cl)ccc1C(=O)N1CCCCC1)[C@H]1CCCO1. The Morgan fingerprint density at radius 3 is 2.65 bits per heavy atom. The Hall–Kier alpha value is -1.59. The van der Waals surface area contributed by atoms with Crippen molar-refractivity contribution >= 4 is 29.1 Å². The van der Waals surface area contributed by atoms with Crippen molar-refractivity contribution in [3.05, 3.63) is 28.8 Å². The molecule has 23 heavy (non-hydrogen) atoms. The van der Waals surface area contributed by atoms with E-state index in [2.05, 4.69) is 5.32 Å². The van der Waals surface area contributed by atoms with E-state index in [1.54, 1.807) is 18.2 Å². The van der Waals surface area contributed by atoms with Gasteiger partial charge in [0.1, 0.15) is 6.10 Å². The fourth-order valence-electron chi connectivity index (χ4n) is 3.07. The molecule has 6 heteroatoms. The number of rotatable bonds is 3. The van der Waals surface area contributed by atoms with Crippen LogP contribution in [0.25, 0.3) is 0 Å². The maximum Gasteiger partial charge on any atom is 0.255 e. The monoisotopic (exact) mass is 336 g/mol. The van der Waals surface area contributed by atoms with Gasteiger partial charge in [0.2, 0.25) is 0 Å². The van der Waals surface area contributed by atoms with E-state index >= 15 is 0 Å². The number of nitrogens with zero attached hydrogens (tertiary/aromatic N) is 1. The second-order valence-electron chi connectivity index (χ2n) is 6.03. The summed E-state index contributed by atoms with van der Waals surface area (Å²) in [4.78, 5) is 26.8. The fourth-order valence-corrected chi connectivity index (χ4v) is 3.24. The summed E-state index contributed by atoms with van der Waals surface area (Å²) in [6.07, 6.45) is 4.36. The molecule has 2 saturated heterocycles. The zero-order valence-corrected chi connectivity index (χ0v) is 13.8. The molecule has 0 spiro atoms. The molecule has 3 rings (SSSR count). The van der Waals surface area contributed by atoms with Gasteiger partial charge in [-0.25, -0.2) is 0 Å². The highest BCUT2D eigenvalue weighted by molar-refractivity contribution is 6.31. The first-order chi connectivity index (χ1) is 11.1. The lowest BCUT2D eigenvalue weighted by Gasteiger charge is -2.27. The molecule has 0 saturated carbocycles. The van der Waals surface area contributed by atoms with Gasteiger partial charge in [0, 0.05) is 24.7 Å². The highest BCUT2D eigenvalue weighted by atomic mass is 35.5. The summed E-state index contributed by atoms with van der Waals surface area (Å²) in [7, 11) is 0. The van der Waals surface area contributed by atoms with Gasteiger partial charge in [-0.15, -0.1) is 0 Å². The summed E-state index contributed by atoms with van der Waals surface area (Å²) < 4.78 is 5.39. The number of carbonyl (C=O) groups is 2. The number of carbonyl (C=O) groups excluding carboxylic acids is 2. The average molecular weight is 337 g/mol. The van der Waals surface area contributed by atoms with Crippen LogP contribution >= 0.6 is 11.6 Å². The minimum absolute atomic E-state index is 0.0518. The molecule has 2 fully saturated rings. The van der Waals surface area contributed by atoms with Crippen LogP contribution in [0.5, 0.6) is 0 Å². The summed E-state index contributed by atoms with van der Waals surface area (Å²) in [5, 5.41) is 3.31. The van der Waals surface area contributed by atoms with Gasteiger partial charge in [0.05, 0.1) is 11.3 Å². The number of hydrogen-bond acceptors (Lipinski definition) is 3. The summed E-state index contributed by atoms with van der Waals surface area (Å²) >= 11 is 6.04. The van der Waals surface area contributed by atoms with Gasteiger partial charge >= 0.3 is 0 Å². The van der Waals surface area contributed by atoms with E-state index in [0.29, 0.717) is 29.3 Å². The average Bonchev–Trinajstić information content (AvgIpc) is 3.10. The van der Waals surface area contributed by atoms with Crippen molar-refractivity contribution in [2.45, 2.75) is 38.2 Å². The number of ether oxygens (including phenoxy) is 1. The van der Waals surface area contributed by atoms with E-state index in [9.17, 15) is 9.59 Å². The molecule has 1 N–H and O–H groups in total. The third-order valence-electron chi connectivity index (χ3n) is 4.34. The number of hydrogen-bond donors (Lipinski definition) is 1. The van der Waals surface area contributed by atoms with Crippen LogP contribution in [-0.4, -0.2) is 42.5 Å². The van der Waals surface area contributed by atoms with Gasteiger partial charge in [-0.05, 0) is 50.3 Å². The van der Waals surface area contributed by atoms with Gasteiger partial charge in [-0.1, -0.05) is 11.6 Å². The second-order valence-corrected chi connectivity index (χ2v) is 6.47. The summed E-state index contributed by atoms with van der Waals surface area (Å²) in [5.74, 6) is -0.263. The normalized spacial score (nSPS) is 21.3. The number of benzene rings is 1. The molecule has 0 aliphatic carbocycles. The Labute approximate surface area is 140 Å². The third-order valence-corrected chi connectivity index (χ3v) is 4.57. The van der Waals surface area contributed by atoms with Crippen LogP contribution in [0.1, 0.15) is 42.5 Å². The molecule has 1 aromatic carbocycles. The Balaban J connectivity index is 1.79. The van der Waals surface area contributed by atoms with E-state index in [1.807, 2.05) is 4.90 Å². The smallest absolute Gasteiger partial charge is 0.255 e. The second kappa shape index (κ2) is 7.32. The van der Waals surface area contributed by atoms with Crippen LogP contribution < -0.4 is 5.32 Å². The minimum Gasteiger partial charge on any atom is -0.368 e. The maximum absolute atomic E-state index is 12.7. The fraction of sp³-hybridized carbons (Fsp3) is 0.529. The number of likely N-dealkylation sites (tertiary alicyclic amines) is 1. The molecule has 1 aromatic rings. The highest BCUT2D eigenvalue weighted by Gasteiger charge is 2.26. The largest absolute Gasteiger partial charge is 0.368 e. The molecule has 2 heterocycles. The number of anilines is 1. The van der Waals surface area contributed by atoms with E-state index in [4.69, 9.17) is 16.3 Å². The van der Waals surface area contributed by atoms with Crippen molar-refractivity contribution in [1.82, 2.24) is 4.90 Å². The van der Waals surface area contributed by atoms with E-state index < -0.39 is 6.10 Å². The third kappa shape index (κ3) is 3.85. The van der Waals surface area contributed by atoms with Gasteiger partial charge in [0.25, 0.3) is 11.8 Å². The quantitative estimate of drug-likeness (QED) is 0.922. The van der Waals surface area contributed by atoms with Crippen LogP contribution in [0.3, 0.4) is 0 Å². The van der Waals surface area contributed by atoms with Crippen molar-refractivity contribution < 1.29 is 14.3 Å². The first kappa shape index (κ1) is 16.3. The topological polar surface area (TPSA) is 58.6 Å². The molecule has 2 aliphatic rings. The Morgan fingerprint density at radius 2 is 1.96 bits per heavy atom. The Kier molecular flexibility index (Phi) is 5.18. The summed E-state index contributed by atoms with van der Waals surface area (Å²) in [6.45, 7) is 2.13. The first-order valence-electron chi connectivity index (χ1n) is 8.16. The zero-order valence-electron chi connectivity index (χ0n) is 13.0. The molecule has 2 amide bonds. The van der Waals surface area contributed by atoms with Crippen LogP contribution in [0.4, 0.5) is 5.69 Å². The lowest BCUT2D eigenvalue weighted by Crippen LogP contribution is -2.36. The predicted molar refractivity (Wildman–Crippen MR) is 88.8 cm³/mol. The molecule has 0 aromatic heterocycles. The van der Waals surface area contributed by atoms with Crippen molar-refractivity contribution in [3.63, 3.8) is 0 Å². The lowest BCUT2D eigenvalue weighted by atomic mass is 10.1. The molecule has 0 unspecified atom stereocenters.